The van der Waals surface area contributed by atoms with Gasteiger partial charge in [-0.25, -0.2) is 29.9 Å². The largest absolute Gasteiger partial charge is 0.208 e. The first-order chi connectivity index (χ1) is 58.5. The summed E-state index contributed by atoms with van der Waals surface area (Å²) in [5.41, 5.74) is 37.0. The van der Waals surface area contributed by atoms with Crippen molar-refractivity contribution in [2.24, 2.45) is 0 Å². The molecule has 550 valence electrons. The Morgan fingerprint density at radius 2 is 0.356 bits per heavy atom. The van der Waals surface area contributed by atoms with Gasteiger partial charge in [-0.05, 0) is 169 Å². The van der Waals surface area contributed by atoms with Crippen molar-refractivity contribution < 1.29 is 0 Å². The van der Waals surface area contributed by atoms with Crippen LogP contribution < -0.4 is 0 Å². The molecule has 17 aromatic carbocycles. The fraction of sp³-hybridized carbons (Fsp3) is 0.0357. The van der Waals surface area contributed by atoms with Crippen LogP contribution >= 0.6 is 0 Å². The molecule has 2 heterocycles. The molecule has 0 spiro atoms. The number of aromatic nitrogens is 6. The maximum absolute atomic E-state index is 5.26. The van der Waals surface area contributed by atoms with Gasteiger partial charge in [0.25, 0.3) is 0 Å². The first-order valence-electron chi connectivity index (χ1n) is 40.6. The van der Waals surface area contributed by atoms with Crippen molar-refractivity contribution >= 4 is 0 Å². The van der Waals surface area contributed by atoms with Gasteiger partial charge >= 0.3 is 0 Å². The molecule has 2 unspecified atom stereocenters. The molecular formula is C112H72N6. The van der Waals surface area contributed by atoms with E-state index in [1.54, 1.807) is 0 Å². The third-order valence-corrected chi connectivity index (χ3v) is 25.2. The number of hydrogen-bond donors (Lipinski definition) is 0. The van der Waals surface area contributed by atoms with E-state index in [0.717, 1.165) is 66.8 Å². The monoisotopic (exact) mass is 1500 g/mol. The Morgan fingerprint density at radius 3 is 0.661 bits per heavy atom. The standard InChI is InChI=1S/C112H72N6/c1-7-25-75(26-8-1)105-113-107(117-109(115-105)79-55-47-73(48-56-79)83-59-63-91-89-37-21-23-41-99(89)111(101(91)69-83,85-29-11-3-12-30-85)86-31-13-4-14-32-86)77-51-43-71(44-52-77)81-61-65-95-97(67-81)103-93-39-19-20-40-94(93)104(95)98-68-82(62-66-96(98)103)72-45-53-78(54-46-72)108-114-106(76-27-9-2-10-28-76)116-110(118-108)80-57-49-74(50-58-80)84-60-64-92-90-38-22-24-42-100(90)112(102(92)70-84,87-33-15-5-16-34-87)88-35-17-6-18-36-88/h1-70,103-104H. The molecule has 5 aliphatic carbocycles. The molecule has 6 nitrogen and oxygen atoms in total. The summed E-state index contributed by atoms with van der Waals surface area (Å²) in [5.74, 6) is 3.85. The summed E-state index contributed by atoms with van der Waals surface area (Å²) in [7, 11) is 0. The van der Waals surface area contributed by atoms with Gasteiger partial charge in [0.1, 0.15) is 0 Å². The van der Waals surface area contributed by atoms with Gasteiger partial charge in [0.15, 0.2) is 34.9 Å². The number of nitrogens with zero attached hydrogens (tertiary/aromatic N) is 6. The van der Waals surface area contributed by atoms with Gasteiger partial charge in [0.2, 0.25) is 0 Å². The highest BCUT2D eigenvalue weighted by molar-refractivity contribution is 5.91. The summed E-state index contributed by atoms with van der Waals surface area (Å²) >= 11 is 0. The molecule has 118 heavy (non-hydrogen) atoms. The van der Waals surface area contributed by atoms with Gasteiger partial charge < -0.3 is 0 Å². The zero-order chi connectivity index (χ0) is 77.8. The first kappa shape index (κ1) is 68.4. The Kier molecular flexibility index (Phi) is 16.1. The van der Waals surface area contributed by atoms with Crippen LogP contribution in [0.2, 0.25) is 0 Å². The van der Waals surface area contributed by atoms with E-state index in [1.165, 1.54) is 111 Å². The second-order valence-electron chi connectivity index (χ2n) is 31.4. The molecule has 24 rings (SSSR count). The van der Waals surface area contributed by atoms with Crippen LogP contribution in [0.1, 0.15) is 89.7 Å². The second-order valence-corrected chi connectivity index (χ2v) is 31.4. The molecule has 0 amide bonds. The zero-order valence-electron chi connectivity index (χ0n) is 64.3. The number of benzene rings is 17. The SMILES string of the molecule is c1ccc(-c2nc(-c3ccc(-c4ccc5c(c4)C4c6ccccc6C5c5cc(-c6ccc(-c7nc(-c8ccccc8)nc(-c8ccc(-c9ccc%10c(c9)C(c9ccccc9)(c9ccccc9)c9ccccc9-%10)cc8)n7)cc6)ccc54)cc3)nc(-c3ccc(-c4ccc5c(c4)C(c4ccccc4)(c4ccccc4)c4ccccc4-5)cc3)n2)cc1. The summed E-state index contributed by atoms with van der Waals surface area (Å²) in [5, 5.41) is 0. The molecule has 5 aliphatic rings. The van der Waals surface area contributed by atoms with Crippen LogP contribution in [-0.2, 0) is 10.8 Å². The lowest BCUT2D eigenvalue weighted by molar-refractivity contribution is 0.755. The van der Waals surface area contributed by atoms with Crippen molar-refractivity contribution in [2.45, 2.75) is 22.7 Å². The van der Waals surface area contributed by atoms with E-state index in [4.69, 9.17) is 29.9 Å². The highest BCUT2D eigenvalue weighted by Crippen LogP contribution is 2.60. The van der Waals surface area contributed by atoms with Crippen molar-refractivity contribution in [1.82, 2.24) is 29.9 Å². The van der Waals surface area contributed by atoms with Crippen molar-refractivity contribution in [1.29, 1.82) is 0 Å². The Balaban J connectivity index is 0.527. The van der Waals surface area contributed by atoms with E-state index in [9.17, 15) is 0 Å². The van der Waals surface area contributed by atoms with Crippen LogP contribution in [0.15, 0.2) is 425 Å². The van der Waals surface area contributed by atoms with Crippen LogP contribution in [0.4, 0.5) is 0 Å². The lowest BCUT2D eigenvalue weighted by atomic mass is 9.60. The van der Waals surface area contributed by atoms with Crippen molar-refractivity contribution in [3.63, 3.8) is 0 Å². The fourth-order valence-electron chi connectivity index (χ4n) is 19.8. The summed E-state index contributed by atoms with van der Waals surface area (Å²) in [4.78, 5) is 31.2. The average Bonchev–Trinajstić information content (AvgIpc) is 1.27. The Morgan fingerprint density at radius 1 is 0.144 bits per heavy atom. The summed E-state index contributed by atoms with van der Waals surface area (Å²) in [6.07, 6.45) is 0. The molecule has 0 aliphatic heterocycles. The van der Waals surface area contributed by atoms with Crippen LogP contribution in [-0.4, -0.2) is 29.9 Å². The van der Waals surface area contributed by atoms with E-state index < -0.39 is 10.8 Å². The zero-order valence-corrected chi connectivity index (χ0v) is 64.3. The van der Waals surface area contributed by atoms with E-state index in [2.05, 4.69) is 388 Å². The van der Waals surface area contributed by atoms with Crippen LogP contribution in [0.3, 0.4) is 0 Å². The lowest BCUT2D eigenvalue weighted by Gasteiger charge is -2.42. The minimum Gasteiger partial charge on any atom is -0.208 e. The molecular weight excluding hydrogens is 1430 g/mol. The van der Waals surface area contributed by atoms with Gasteiger partial charge in [-0.2, -0.15) is 0 Å². The summed E-state index contributed by atoms with van der Waals surface area (Å²) in [6.45, 7) is 0. The number of hydrogen-bond acceptors (Lipinski definition) is 6. The molecule has 0 saturated carbocycles. The molecule has 19 aromatic rings. The molecule has 2 atom stereocenters. The second kappa shape index (κ2) is 27.8. The van der Waals surface area contributed by atoms with Crippen molar-refractivity contribution in [3.8, 4) is 135 Å². The van der Waals surface area contributed by atoms with E-state index in [0.29, 0.717) is 34.9 Å². The van der Waals surface area contributed by atoms with Gasteiger partial charge in [-0.15, -0.1) is 0 Å². The van der Waals surface area contributed by atoms with Crippen LogP contribution in [0.5, 0.6) is 0 Å². The molecule has 0 fully saturated rings. The third kappa shape index (κ3) is 11.0. The molecule has 0 saturated heterocycles. The van der Waals surface area contributed by atoms with Gasteiger partial charge in [0.05, 0.1) is 10.8 Å². The predicted molar refractivity (Wildman–Crippen MR) is 477 cm³/mol. The number of fused-ring (bicyclic) bond motifs is 6. The maximum Gasteiger partial charge on any atom is 0.164 e. The molecule has 2 bridgehead atoms. The molecule has 0 N–H and O–H groups in total. The minimum absolute atomic E-state index is 0.0756. The van der Waals surface area contributed by atoms with Gasteiger partial charge in [-0.1, -0.05) is 400 Å². The lowest BCUT2D eigenvalue weighted by Crippen LogP contribution is -2.28. The quantitative estimate of drug-likeness (QED) is 0.108. The maximum atomic E-state index is 5.26. The Hall–Kier alpha value is -15.2. The minimum atomic E-state index is -0.491. The van der Waals surface area contributed by atoms with Crippen LogP contribution in [0, 0.1) is 0 Å². The normalized spacial score (nSPS) is 14.4. The number of rotatable bonds is 14. The smallest absolute Gasteiger partial charge is 0.164 e. The van der Waals surface area contributed by atoms with Crippen molar-refractivity contribution in [2.75, 3.05) is 0 Å². The van der Waals surface area contributed by atoms with E-state index in [-0.39, 0.29) is 11.8 Å². The summed E-state index contributed by atoms with van der Waals surface area (Å²) < 4.78 is 0. The van der Waals surface area contributed by atoms with Crippen molar-refractivity contribution in [3.05, 3.63) is 503 Å². The Labute approximate surface area is 685 Å². The first-order valence-corrected chi connectivity index (χ1v) is 40.6. The third-order valence-electron chi connectivity index (χ3n) is 25.2. The molecule has 0 radical (unpaired) electrons. The van der Waals surface area contributed by atoms with E-state index >= 15 is 0 Å². The van der Waals surface area contributed by atoms with Gasteiger partial charge in [-0.3, -0.25) is 0 Å². The average molecular weight is 1500 g/mol. The Bertz CT molecular complexity index is 6610. The van der Waals surface area contributed by atoms with E-state index in [1.807, 2.05) is 36.4 Å². The van der Waals surface area contributed by atoms with Crippen LogP contribution in [0.25, 0.3) is 135 Å². The highest BCUT2D eigenvalue weighted by atomic mass is 15.0. The highest BCUT2D eigenvalue weighted by Gasteiger charge is 2.48. The summed E-state index contributed by atoms with van der Waals surface area (Å²) in [6, 6.07) is 154. The topological polar surface area (TPSA) is 77.3 Å². The molecule has 2 aromatic heterocycles. The van der Waals surface area contributed by atoms with Gasteiger partial charge in [0, 0.05) is 45.2 Å². The predicted octanol–water partition coefficient (Wildman–Crippen LogP) is 26.4. The fourth-order valence-corrected chi connectivity index (χ4v) is 19.8. The molecule has 6 heteroatoms.